The van der Waals surface area contributed by atoms with Gasteiger partial charge in [0.25, 0.3) is 0 Å². The van der Waals surface area contributed by atoms with Crippen molar-refractivity contribution in [1.82, 2.24) is 0 Å². The Labute approximate surface area is 72.0 Å². The second-order valence-electron chi connectivity index (χ2n) is 3.32. The van der Waals surface area contributed by atoms with Crippen LogP contribution in [0, 0.1) is 0 Å². The van der Waals surface area contributed by atoms with Crippen LogP contribution in [0.25, 0.3) is 0 Å². The minimum absolute atomic E-state index is 0.349. The zero-order valence-electron chi connectivity index (χ0n) is 6.96. The van der Waals surface area contributed by atoms with Crippen LogP contribution in [0.1, 0.15) is 29.9 Å². The van der Waals surface area contributed by atoms with Gasteiger partial charge in [-0.3, -0.25) is 0 Å². The summed E-state index contributed by atoms with van der Waals surface area (Å²) in [5, 5.41) is 9.49. The van der Waals surface area contributed by atoms with Gasteiger partial charge in [-0.1, -0.05) is 12.1 Å². The molecule has 1 aromatic rings. The molecule has 0 aromatic heterocycles. The summed E-state index contributed by atoms with van der Waals surface area (Å²) in [6.07, 6.45) is 2.49. The van der Waals surface area contributed by atoms with Gasteiger partial charge in [0.2, 0.25) is 0 Å². The predicted molar refractivity (Wildman–Crippen MR) is 48.0 cm³/mol. The van der Waals surface area contributed by atoms with Gasteiger partial charge in [-0.05, 0) is 30.4 Å². The molecule has 1 aliphatic rings. The van der Waals surface area contributed by atoms with Crippen molar-refractivity contribution in [3.63, 3.8) is 0 Å². The molecule has 1 saturated carbocycles. The minimum atomic E-state index is 0.349. The second-order valence-corrected chi connectivity index (χ2v) is 3.32. The normalized spacial score (nSPS) is 16.4. The molecule has 0 atom stereocenters. The van der Waals surface area contributed by atoms with Gasteiger partial charge in [0.05, 0.1) is 0 Å². The predicted octanol–water partition coefficient (Wildman–Crippen LogP) is 1.73. The summed E-state index contributed by atoms with van der Waals surface area (Å²) < 4.78 is 0. The van der Waals surface area contributed by atoms with Crippen LogP contribution in [0.15, 0.2) is 18.2 Å². The number of phenols is 1. The van der Waals surface area contributed by atoms with Crippen LogP contribution in [-0.2, 0) is 6.54 Å². The maximum Gasteiger partial charge on any atom is 0.120 e. The summed E-state index contributed by atoms with van der Waals surface area (Å²) in [6, 6.07) is 5.66. The van der Waals surface area contributed by atoms with Crippen molar-refractivity contribution < 1.29 is 5.11 Å². The molecule has 0 bridgehead atoms. The Bertz CT molecular complexity index is 292. The van der Waals surface area contributed by atoms with E-state index < -0.39 is 0 Å². The Morgan fingerprint density at radius 1 is 1.42 bits per heavy atom. The summed E-state index contributed by atoms with van der Waals surface area (Å²) in [4.78, 5) is 0. The highest BCUT2D eigenvalue weighted by molar-refractivity contribution is 5.42. The fourth-order valence-corrected chi connectivity index (χ4v) is 1.59. The highest BCUT2D eigenvalue weighted by Crippen LogP contribution is 2.43. The smallest absolute Gasteiger partial charge is 0.120 e. The number of hydrogen-bond donors (Lipinski definition) is 2. The topological polar surface area (TPSA) is 46.2 Å². The van der Waals surface area contributed by atoms with Gasteiger partial charge >= 0.3 is 0 Å². The maximum absolute atomic E-state index is 9.49. The summed E-state index contributed by atoms with van der Waals surface area (Å²) in [5.74, 6) is 1.01. The highest BCUT2D eigenvalue weighted by Gasteiger charge is 2.26. The van der Waals surface area contributed by atoms with E-state index in [0.29, 0.717) is 18.2 Å². The summed E-state index contributed by atoms with van der Waals surface area (Å²) in [5.41, 5.74) is 7.74. The van der Waals surface area contributed by atoms with Crippen molar-refractivity contribution in [2.24, 2.45) is 5.73 Å². The fraction of sp³-hybridized carbons (Fsp3) is 0.400. The Morgan fingerprint density at radius 2 is 2.17 bits per heavy atom. The van der Waals surface area contributed by atoms with Crippen LogP contribution in [-0.4, -0.2) is 5.11 Å². The van der Waals surface area contributed by atoms with Gasteiger partial charge in [0.15, 0.2) is 0 Å². The van der Waals surface area contributed by atoms with Crippen molar-refractivity contribution in [3.8, 4) is 5.75 Å². The first-order valence-corrected chi connectivity index (χ1v) is 4.33. The van der Waals surface area contributed by atoms with E-state index in [9.17, 15) is 5.11 Å². The molecule has 0 spiro atoms. The number of aromatic hydroxyl groups is 1. The van der Waals surface area contributed by atoms with Crippen LogP contribution in [0.2, 0.25) is 0 Å². The number of hydrogen-bond acceptors (Lipinski definition) is 2. The third-order valence-corrected chi connectivity index (χ3v) is 2.41. The maximum atomic E-state index is 9.49. The molecule has 0 unspecified atom stereocenters. The van der Waals surface area contributed by atoms with E-state index >= 15 is 0 Å². The van der Waals surface area contributed by atoms with Gasteiger partial charge in [0, 0.05) is 12.1 Å². The summed E-state index contributed by atoms with van der Waals surface area (Å²) >= 11 is 0. The highest BCUT2D eigenvalue weighted by atomic mass is 16.3. The molecule has 3 N–H and O–H groups in total. The molecule has 1 fully saturated rings. The van der Waals surface area contributed by atoms with E-state index in [1.165, 1.54) is 18.4 Å². The lowest BCUT2D eigenvalue weighted by Gasteiger charge is -2.07. The molecule has 2 nitrogen and oxygen atoms in total. The monoisotopic (exact) mass is 163 g/mol. The van der Waals surface area contributed by atoms with Crippen LogP contribution in [0.5, 0.6) is 5.75 Å². The van der Waals surface area contributed by atoms with Crippen LogP contribution in [0.3, 0.4) is 0 Å². The largest absolute Gasteiger partial charge is 0.508 e. The Balaban J connectivity index is 2.43. The van der Waals surface area contributed by atoms with E-state index in [1.807, 2.05) is 6.07 Å². The quantitative estimate of drug-likeness (QED) is 0.697. The Hall–Kier alpha value is -1.02. The molecule has 0 heterocycles. The second kappa shape index (κ2) is 2.79. The Kier molecular flexibility index (Phi) is 1.77. The molecule has 1 aromatic carbocycles. The first kappa shape index (κ1) is 7.62. The summed E-state index contributed by atoms with van der Waals surface area (Å²) in [6.45, 7) is 0.443. The molecule has 0 amide bonds. The lowest BCUT2D eigenvalue weighted by atomic mass is 10.0. The first-order valence-electron chi connectivity index (χ1n) is 4.33. The van der Waals surface area contributed by atoms with E-state index in [0.717, 1.165) is 5.56 Å². The van der Waals surface area contributed by atoms with Gasteiger partial charge in [0.1, 0.15) is 5.75 Å². The molecule has 0 radical (unpaired) electrons. The van der Waals surface area contributed by atoms with E-state index in [-0.39, 0.29) is 0 Å². The Morgan fingerprint density at radius 3 is 2.75 bits per heavy atom. The number of nitrogens with two attached hydrogens (primary N) is 1. The molecule has 1 aliphatic carbocycles. The average Bonchev–Trinajstić information content (AvgIpc) is 2.86. The zero-order chi connectivity index (χ0) is 8.55. The molecule has 12 heavy (non-hydrogen) atoms. The van der Waals surface area contributed by atoms with Gasteiger partial charge < -0.3 is 10.8 Å². The van der Waals surface area contributed by atoms with Crippen LogP contribution >= 0.6 is 0 Å². The first-order chi connectivity index (χ1) is 5.83. The van der Waals surface area contributed by atoms with E-state index in [4.69, 9.17) is 5.73 Å². The van der Waals surface area contributed by atoms with E-state index in [2.05, 4.69) is 6.07 Å². The number of phenolic OH excluding ortho intramolecular Hbond substituents is 1. The van der Waals surface area contributed by atoms with Crippen LogP contribution in [0.4, 0.5) is 0 Å². The van der Waals surface area contributed by atoms with Gasteiger partial charge in [-0.15, -0.1) is 0 Å². The molecule has 0 aliphatic heterocycles. The molecular weight excluding hydrogens is 150 g/mol. The van der Waals surface area contributed by atoms with Crippen molar-refractivity contribution in [2.75, 3.05) is 0 Å². The summed E-state index contributed by atoms with van der Waals surface area (Å²) in [7, 11) is 0. The lowest BCUT2D eigenvalue weighted by Crippen LogP contribution is -2.00. The van der Waals surface area contributed by atoms with Gasteiger partial charge in [-0.25, -0.2) is 0 Å². The molecular formula is C10H13NO. The molecule has 2 heteroatoms. The van der Waals surface area contributed by atoms with Gasteiger partial charge in [-0.2, -0.15) is 0 Å². The van der Waals surface area contributed by atoms with Crippen molar-refractivity contribution >= 4 is 0 Å². The third-order valence-electron chi connectivity index (χ3n) is 2.41. The minimum Gasteiger partial charge on any atom is -0.508 e. The molecule has 2 rings (SSSR count). The van der Waals surface area contributed by atoms with E-state index in [1.54, 1.807) is 6.07 Å². The lowest BCUT2D eigenvalue weighted by molar-refractivity contribution is 0.467. The standard InChI is InChI=1S/C10H13NO/c11-6-9-8(7-4-5-7)2-1-3-10(9)12/h1-3,7,12H,4-6,11H2. The third kappa shape index (κ3) is 1.18. The van der Waals surface area contributed by atoms with Crippen LogP contribution < -0.4 is 5.73 Å². The molecule has 0 saturated heterocycles. The SMILES string of the molecule is NCc1c(O)cccc1C1CC1. The van der Waals surface area contributed by atoms with Crippen molar-refractivity contribution in [3.05, 3.63) is 29.3 Å². The average molecular weight is 163 g/mol. The van der Waals surface area contributed by atoms with Crippen molar-refractivity contribution in [2.45, 2.75) is 25.3 Å². The zero-order valence-corrected chi connectivity index (χ0v) is 6.96. The van der Waals surface area contributed by atoms with Crippen molar-refractivity contribution in [1.29, 1.82) is 0 Å². The fourth-order valence-electron chi connectivity index (χ4n) is 1.59. The number of benzene rings is 1. The number of rotatable bonds is 2. The molecule has 64 valence electrons.